The fourth-order valence-corrected chi connectivity index (χ4v) is 2.58. The Morgan fingerprint density at radius 1 is 1.04 bits per heavy atom. The van der Waals surface area contributed by atoms with Gasteiger partial charge in [-0.05, 0) is 62.7 Å². The van der Waals surface area contributed by atoms with Crippen LogP contribution in [0.4, 0.5) is 0 Å². The lowest BCUT2D eigenvalue weighted by atomic mass is 9.98. The van der Waals surface area contributed by atoms with Crippen LogP contribution in [0, 0.1) is 24.2 Å². The first-order valence-corrected chi connectivity index (χ1v) is 8.20. The monoisotopic (exact) mass is 305 g/mol. The van der Waals surface area contributed by atoms with Crippen molar-refractivity contribution >= 4 is 10.8 Å². The molecule has 0 aromatic heterocycles. The standard InChI is InChI=1S/C22H27N/c1-18-11-9-14-21-19(12-10-13-20(18)21)17-23(5)16-8-6-7-15-22(2,3)4/h6,8-14H,16-17H2,1-5H3/b8-6+. The quantitative estimate of drug-likeness (QED) is 0.703. The van der Waals surface area contributed by atoms with Gasteiger partial charge in [-0.3, -0.25) is 4.90 Å². The average molecular weight is 305 g/mol. The predicted octanol–water partition coefficient (Wildman–Crippen LogP) is 5.19. The molecule has 0 unspecified atom stereocenters. The highest BCUT2D eigenvalue weighted by Crippen LogP contribution is 2.22. The number of benzene rings is 2. The minimum atomic E-state index is 0.0665. The lowest BCUT2D eigenvalue weighted by Gasteiger charge is -2.16. The minimum Gasteiger partial charge on any atom is -0.298 e. The van der Waals surface area contributed by atoms with Crippen molar-refractivity contribution in [1.29, 1.82) is 0 Å². The Kier molecular flexibility index (Phi) is 5.64. The van der Waals surface area contributed by atoms with Crippen LogP contribution in [0.2, 0.25) is 0 Å². The van der Waals surface area contributed by atoms with Crippen LogP contribution in [0.3, 0.4) is 0 Å². The van der Waals surface area contributed by atoms with Crippen LogP contribution in [0.15, 0.2) is 48.6 Å². The first kappa shape index (κ1) is 17.3. The van der Waals surface area contributed by atoms with Crippen LogP contribution >= 0.6 is 0 Å². The molecule has 1 nitrogen and oxygen atoms in total. The molecule has 1 heteroatoms. The Balaban J connectivity index is 2.03. The van der Waals surface area contributed by atoms with Gasteiger partial charge in [0.2, 0.25) is 0 Å². The molecule has 2 aromatic rings. The topological polar surface area (TPSA) is 3.24 Å². The Labute approximate surface area is 141 Å². The molecule has 23 heavy (non-hydrogen) atoms. The summed E-state index contributed by atoms with van der Waals surface area (Å²) in [5.41, 5.74) is 2.78. The molecule has 0 saturated carbocycles. The van der Waals surface area contributed by atoms with Gasteiger partial charge in [0.15, 0.2) is 0 Å². The van der Waals surface area contributed by atoms with Gasteiger partial charge in [0.1, 0.15) is 0 Å². The highest BCUT2D eigenvalue weighted by atomic mass is 15.1. The Bertz CT molecular complexity index is 751. The van der Waals surface area contributed by atoms with E-state index in [1.165, 1.54) is 21.9 Å². The van der Waals surface area contributed by atoms with E-state index in [0.717, 1.165) is 13.1 Å². The number of rotatable bonds is 4. The zero-order chi connectivity index (χ0) is 16.9. The van der Waals surface area contributed by atoms with Gasteiger partial charge in [0, 0.05) is 18.5 Å². The molecule has 0 atom stereocenters. The van der Waals surface area contributed by atoms with E-state index < -0.39 is 0 Å². The lowest BCUT2D eigenvalue weighted by Crippen LogP contribution is -2.17. The summed E-state index contributed by atoms with van der Waals surface area (Å²) in [6, 6.07) is 13.1. The Morgan fingerprint density at radius 3 is 2.48 bits per heavy atom. The molecule has 0 radical (unpaired) electrons. The van der Waals surface area contributed by atoms with E-state index in [2.05, 4.69) is 94.0 Å². The van der Waals surface area contributed by atoms with E-state index in [1.807, 2.05) is 6.08 Å². The summed E-state index contributed by atoms with van der Waals surface area (Å²) in [6.45, 7) is 10.4. The molecule has 0 spiro atoms. The van der Waals surface area contributed by atoms with Crippen LogP contribution in [-0.2, 0) is 6.54 Å². The van der Waals surface area contributed by atoms with E-state index in [9.17, 15) is 0 Å². The van der Waals surface area contributed by atoms with Crippen molar-refractivity contribution < 1.29 is 0 Å². The molecule has 0 saturated heterocycles. The molecule has 0 amide bonds. The van der Waals surface area contributed by atoms with Gasteiger partial charge in [-0.25, -0.2) is 0 Å². The predicted molar refractivity (Wildman–Crippen MR) is 101 cm³/mol. The normalized spacial score (nSPS) is 11.9. The maximum Gasteiger partial charge on any atom is 0.0240 e. The van der Waals surface area contributed by atoms with Crippen molar-refractivity contribution in [3.05, 3.63) is 59.7 Å². The van der Waals surface area contributed by atoms with Crippen LogP contribution < -0.4 is 0 Å². The zero-order valence-corrected chi connectivity index (χ0v) is 15.0. The molecule has 0 bridgehead atoms. The van der Waals surface area contributed by atoms with Gasteiger partial charge in [-0.1, -0.05) is 54.3 Å². The van der Waals surface area contributed by atoms with Gasteiger partial charge in [0.25, 0.3) is 0 Å². The van der Waals surface area contributed by atoms with Crippen molar-refractivity contribution in [1.82, 2.24) is 4.90 Å². The summed E-state index contributed by atoms with van der Waals surface area (Å²) in [5, 5.41) is 2.71. The second-order valence-electron chi connectivity index (χ2n) is 7.21. The van der Waals surface area contributed by atoms with E-state index >= 15 is 0 Å². The highest BCUT2D eigenvalue weighted by Gasteiger charge is 2.05. The fraction of sp³-hybridized carbons (Fsp3) is 0.364. The lowest BCUT2D eigenvalue weighted by molar-refractivity contribution is 0.365. The summed E-state index contributed by atoms with van der Waals surface area (Å²) >= 11 is 0. The van der Waals surface area contributed by atoms with Crippen molar-refractivity contribution in [2.75, 3.05) is 13.6 Å². The third-order valence-electron chi connectivity index (χ3n) is 3.74. The van der Waals surface area contributed by atoms with Crippen molar-refractivity contribution in [2.45, 2.75) is 34.2 Å². The van der Waals surface area contributed by atoms with Gasteiger partial charge in [-0.15, -0.1) is 0 Å². The molecular weight excluding hydrogens is 278 g/mol. The van der Waals surface area contributed by atoms with Gasteiger partial charge < -0.3 is 0 Å². The van der Waals surface area contributed by atoms with Crippen LogP contribution in [0.1, 0.15) is 31.9 Å². The average Bonchev–Trinajstić information content (AvgIpc) is 2.47. The second-order valence-corrected chi connectivity index (χ2v) is 7.21. The van der Waals surface area contributed by atoms with Crippen molar-refractivity contribution in [2.24, 2.45) is 5.41 Å². The van der Waals surface area contributed by atoms with Crippen molar-refractivity contribution in [3.63, 3.8) is 0 Å². The molecule has 0 heterocycles. The molecular formula is C22H27N. The molecule has 2 rings (SSSR count). The maximum absolute atomic E-state index is 3.22. The zero-order valence-electron chi connectivity index (χ0n) is 15.0. The molecule has 0 N–H and O–H groups in total. The molecule has 2 aromatic carbocycles. The number of aryl methyl sites for hydroxylation is 1. The van der Waals surface area contributed by atoms with Gasteiger partial charge in [0.05, 0.1) is 0 Å². The second kappa shape index (κ2) is 7.49. The van der Waals surface area contributed by atoms with E-state index in [4.69, 9.17) is 0 Å². The number of fused-ring (bicyclic) bond motifs is 1. The number of likely N-dealkylation sites (N-methyl/N-ethyl adjacent to an activating group) is 1. The molecule has 0 aliphatic heterocycles. The smallest absolute Gasteiger partial charge is 0.0240 e. The first-order valence-electron chi connectivity index (χ1n) is 8.20. The van der Waals surface area contributed by atoms with Crippen LogP contribution in [0.25, 0.3) is 10.8 Å². The molecule has 0 aliphatic rings. The van der Waals surface area contributed by atoms with E-state index in [0.29, 0.717) is 0 Å². The first-order chi connectivity index (χ1) is 10.9. The Morgan fingerprint density at radius 2 is 1.74 bits per heavy atom. The van der Waals surface area contributed by atoms with Gasteiger partial charge in [-0.2, -0.15) is 0 Å². The molecule has 0 aliphatic carbocycles. The summed E-state index contributed by atoms with van der Waals surface area (Å²) in [7, 11) is 2.15. The fourth-order valence-electron chi connectivity index (χ4n) is 2.58. The van der Waals surface area contributed by atoms with Crippen LogP contribution in [0.5, 0.6) is 0 Å². The van der Waals surface area contributed by atoms with Crippen molar-refractivity contribution in [3.8, 4) is 11.8 Å². The number of hydrogen-bond donors (Lipinski definition) is 0. The minimum absolute atomic E-state index is 0.0665. The number of hydrogen-bond acceptors (Lipinski definition) is 1. The molecule has 0 fully saturated rings. The third kappa shape index (κ3) is 5.27. The summed E-state index contributed by atoms with van der Waals surface area (Å²) in [6.07, 6.45) is 4.10. The summed E-state index contributed by atoms with van der Waals surface area (Å²) in [5.74, 6) is 6.34. The highest BCUT2D eigenvalue weighted by molar-refractivity contribution is 5.88. The Hall–Kier alpha value is -2.04. The van der Waals surface area contributed by atoms with Crippen LogP contribution in [-0.4, -0.2) is 18.5 Å². The third-order valence-corrected chi connectivity index (χ3v) is 3.74. The van der Waals surface area contributed by atoms with E-state index in [1.54, 1.807) is 0 Å². The maximum atomic E-state index is 3.22. The number of nitrogens with zero attached hydrogens (tertiary/aromatic N) is 1. The summed E-state index contributed by atoms with van der Waals surface area (Å²) < 4.78 is 0. The molecule has 120 valence electrons. The SMILES string of the molecule is Cc1cccc2c(CN(C)C/C=C/C#CC(C)(C)C)cccc12. The summed E-state index contributed by atoms with van der Waals surface area (Å²) in [4.78, 5) is 2.31. The van der Waals surface area contributed by atoms with E-state index in [-0.39, 0.29) is 5.41 Å². The van der Waals surface area contributed by atoms with Gasteiger partial charge >= 0.3 is 0 Å². The number of allylic oxidation sites excluding steroid dienone is 1. The largest absolute Gasteiger partial charge is 0.298 e.